The molecule has 0 bridgehead atoms. The van der Waals surface area contributed by atoms with Gasteiger partial charge in [-0.3, -0.25) is 0 Å². The number of rotatable bonds is 3. The summed E-state index contributed by atoms with van der Waals surface area (Å²) >= 11 is 4.94. The molecule has 2 rings (SSSR count). The minimum atomic E-state index is -3.39. The van der Waals surface area contributed by atoms with Crippen LogP contribution in [0.2, 0.25) is 0 Å². The van der Waals surface area contributed by atoms with Gasteiger partial charge < -0.3 is 10.6 Å². The molecule has 1 aromatic carbocycles. The Morgan fingerprint density at radius 2 is 2.21 bits per heavy atom. The number of halogens is 1. The summed E-state index contributed by atoms with van der Waals surface area (Å²) in [5.74, 6) is -0.449. The molecule has 1 aliphatic heterocycles. The zero-order valence-electron chi connectivity index (χ0n) is 10.5. The molecule has 7 heteroatoms. The van der Waals surface area contributed by atoms with Gasteiger partial charge in [0.1, 0.15) is 5.82 Å². The van der Waals surface area contributed by atoms with Crippen LogP contribution in [0.4, 0.5) is 10.1 Å². The first-order chi connectivity index (χ1) is 8.79. The van der Waals surface area contributed by atoms with E-state index in [-0.39, 0.29) is 10.8 Å². The van der Waals surface area contributed by atoms with Crippen molar-refractivity contribution in [2.24, 2.45) is 11.7 Å². The van der Waals surface area contributed by atoms with E-state index in [2.05, 4.69) is 0 Å². The lowest BCUT2D eigenvalue weighted by Crippen LogP contribution is -2.26. The van der Waals surface area contributed by atoms with E-state index in [1.54, 1.807) is 0 Å². The molecule has 2 N–H and O–H groups in total. The lowest BCUT2D eigenvalue weighted by molar-refractivity contribution is 0.595. The third-order valence-corrected chi connectivity index (χ3v) is 4.72. The van der Waals surface area contributed by atoms with Crippen LogP contribution in [0.1, 0.15) is 6.42 Å². The molecule has 0 amide bonds. The highest BCUT2D eigenvalue weighted by Crippen LogP contribution is 2.28. The third-order valence-electron chi connectivity index (χ3n) is 3.28. The van der Waals surface area contributed by atoms with E-state index in [0.29, 0.717) is 23.8 Å². The van der Waals surface area contributed by atoms with Crippen LogP contribution in [0, 0.1) is 11.7 Å². The smallest absolute Gasteiger partial charge is 0.175 e. The molecule has 0 radical (unpaired) electrons. The molecule has 4 nitrogen and oxygen atoms in total. The first kappa shape index (κ1) is 14.2. The van der Waals surface area contributed by atoms with E-state index >= 15 is 0 Å². The van der Waals surface area contributed by atoms with Crippen LogP contribution < -0.4 is 10.6 Å². The summed E-state index contributed by atoms with van der Waals surface area (Å²) in [6.45, 7) is 1.24. The number of anilines is 1. The van der Waals surface area contributed by atoms with Crippen molar-refractivity contribution in [3.63, 3.8) is 0 Å². The fourth-order valence-corrected chi connectivity index (χ4v) is 3.01. The van der Waals surface area contributed by atoms with Gasteiger partial charge in [-0.2, -0.15) is 0 Å². The molecule has 1 unspecified atom stereocenters. The summed E-state index contributed by atoms with van der Waals surface area (Å²) < 4.78 is 36.7. The van der Waals surface area contributed by atoms with Gasteiger partial charge in [-0.05, 0) is 24.6 Å². The van der Waals surface area contributed by atoms with E-state index in [9.17, 15) is 12.8 Å². The quantitative estimate of drug-likeness (QED) is 0.854. The van der Waals surface area contributed by atoms with Crippen LogP contribution in [-0.4, -0.2) is 32.8 Å². The molecule has 0 aliphatic carbocycles. The van der Waals surface area contributed by atoms with Gasteiger partial charge in [-0.25, -0.2) is 12.8 Å². The van der Waals surface area contributed by atoms with E-state index in [1.165, 1.54) is 12.1 Å². The van der Waals surface area contributed by atoms with E-state index in [1.807, 2.05) is 4.90 Å². The minimum absolute atomic E-state index is 0.0150. The van der Waals surface area contributed by atoms with Crippen molar-refractivity contribution < 1.29 is 12.8 Å². The monoisotopic (exact) mass is 302 g/mol. The predicted octanol–water partition coefficient (Wildman–Crippen LogP) is 1.34. The SMILES string of the molecule is CS(=O)(=O)c1ccc(N2CCC(C(N)=S)C2)c(F)c1. The Bertz CT molecular complexity index is 616. The molecule has 0 saturated carbocycles. The average molecular weight is 302 g/mol. The topological polar surface area (TPSA) is 63.4 Å². The number of nitrogens with zero attached hydrogens (tertiary/aromatic N) is 1. The summed E-state index contributed by atoms with van der Waals surface area (Å²) in [5.41, 5.74) is 5.98. The Morgan fingerprint density at radius 1 is 1.53 bits per heavy atom. The molecule has 0 spiro atoms. The Balaban J connectivity index is 2.26. The zero-order valence-corrected chi connectivity index (χ0v) is 12.1. The zero-order chi connectivity index (χ0) is 14.2. The van der Waals surface area contributed by atoms with Gasteiger partial charge >= 0.3 is 0 Å². The van der Waals surface area contributed by atoms with Crippen LogP contribution in [0.25, 0.3) is 0 Å². The number of hydrogen-bond acceptors (Lipinski definition) is 4. The van der Waals surface area contributed by atoms with E-state index < -0.39 is 15.7 Å². The lowest BCUT2D eigenvalue weighted by Gasteiger charge is -2.19. The van der Waals surface area contributed by atoms with Gasteiger partial charge in [0.05, 0.1) is 15.6 Å². The second-order valence-electron chi connectivity index (χ2n) is 4.72. The molecule has 1 aliphatic rings. The summed E-state index contributed by atoms with van der Waals surface area (Å²) in [6.07, 6.45) is 1.85. The summed E-state index contributed by atoms with van der Waals surface area (Å²) in [7, 11) is -3.39. The summed E-state index contributed by atoms with van der Waals surface area (Å²) in [4.78, 5) is 2.26. The lowest BCUT2D eigenvalue weighted by atomic mass is 10.1. The maximum Gasteiger partial charge on any atom is 0.175 e. The van der Waals surface area contributed by atoms with Crippen molar-refractivity contribution in [1.82, 2.24) is 0 Å². The van der Waals surface area contributed by atoms with E-state index in [0.717, 1.165) is 18.7 Å². The maximum atomic E-state index is 14.0. The molecule has 104 valence electrons. The van der Waals surface area contributed by atoms with Gasteiger partial charge in [0.15, 0.2) is 9.84 Å². The standard InChI is InChI=1S/C12H15FN2O2S2/c1-19(16,17)9-2-3-11(10(13)6-9)15-5-4-8(7-15)12(14)18/h2-3,6,8H,4-5,7H2,1H3,(H2,14,18). The molecule has 1 saturated heterocycles. The van der Waals surface area contributed by atoms with Crippen molar-refractivity contribution >= 4 is 32.7 Å². The average Bonchev–Trinajstić information content (AvgIpc) is 2.76. The van der Waals surface area contributed by atoms with Crippen molar-refractivity contribution in [2.45, 2.75) is 11.3 Å². The summed E-state index contributed by atoms with van der Waals surface area (Å²) in [5, 5.41) is 0. The van der Waals surface area contributed by atoms with Gasteiger partial charge in [0.25, 0.3) is 0 Å². The third kappa shape index (κ3) is 3.03. The Morgan fingerprint density at radius 3 is 2.68 bits per heavy atom. The molecule has 1 heterocycles. The van der Waals surface area contributed by atoms with Gasteiger partial charge in [0, 0.05) is 25.3 Å². The highest BCUT2D eigenvalue weighted by Gasteiger charge is 2.26. The fraction of sp³-hybridized carbons (Fsp3) is 0.417. The Hall–Kier alpha value is -1.21. The van der Waals surface area contributed by atoms with E-state index in [4.69, 9.17) is 18.0 Å². The van der Waals surface area contributed by atoms with Gasteiger partial charge in [-0.15, -0.1) is 0 Å². The number of sulfone groups is 1. The van der Waals surface area contributed by atoms with Crippen LogP contribution in [0.5, 0.6) is 0 Å². The predicted molar refractivity (Wildman–Crippen MR) is 76.6 cm³/mol. The van der Waals surface area contributed by atoms with Crippen LogP contribution in [0.15, 0.2) is 23.1 Å². The van der Waals surface area contributed by atoms with Crippen molar-refractivity contribution in [3.05, 3.63) is 24.0 Å². The largest absolute Gasteiger partial charge is 0.393 e. The molecular formula is C12H15FN2O2S2. The molecule has 0 aromatic heterocycles. The second kappa shape index (κ2) is 5.05. The minimum Gasteiger partial charge on any atom is -0.393 e. The first-order valence-corrected chi connectivity index (χ1v) is 8.13. The Kier molecular flexibility index (Phi) is 3.78. The number of nitrogens with two attached hydrogens (primary N) is 1. The van der Waals surface area contributed by atoms with Crippen molar-refractivity contribution in [3.8, 4) is 0 Å². The number of benzene rings is 1. The Labute approximate surface area is 117 Å². The van der Waals surface area contributed by atoms with Crippen molar-refractivity contribution in [2.75, 3.05) is 24.2 Å². The molecule has 19 heavy (non-hydrogen) atoms. The van der Waals surface area contributed by atoms with Gasteiger partial charge in [0.2, 0.25) is 0 Å². The molecule has 1 aromatic rings. The highest BCUT2D eigenvalue weighted by atomic mass is 32.2. The normalized spacial score (nSPS) is 19.7. The highest BCUT2D eigenvalue weighted by molar-refractivity contribution is 7.90. The number of thiocarbonyl (C=S) groups is 1. The number of hydrogen-bond donors (Lipinski definition) is 1. The van der Waals surface area contributed by atoms with Crippen LogP contribution >= 0.6 is 12.2 Å². The fourth-order valence-electron chi connectivity index (χ4n) is 2.19. The van der Waals surface area contributed by atoms with Crippen molar-refractivity contribution in [1.29, 1.82) is 0 Å². The molecule has 1 atom stereocenters. The van der Waals surface area contributed by atoms with Gasteiger partial charge in [-0.1, -0.05) is 12.2 Å². The molecular weight excluding hydrogens is 287 g/mol. The van der Waals surface area contributed by atoms with Crippen LogP contribution in [0.3, 0.4) is 0 Å². The first-order valence-electron chi connectivity index (χ1n) is 5.83. The molecule has 1 fully saturated rings. The second-order valence-corrected chi connectivity index (χ2v) is 7.21. The summed E-state index contributed by atoms with van der Waals surface area (Å²) in [6, 6.07) is 3.97. The van der Waals surface area contributed by atoms with Crippen LogP contribution in [-0.2, 0) is 9.84 Å². The maximum absolute atomic E-state index is 14.0.